The Morgan fingerprint density at radius 3 is 1.86 bits per heavy atom. The molecule has 0 atom stereocenters. The van der Waals surface area contributed by atoms with Crippen LogP contribution in [0, 0.1) is 0 Å². The molecule has 40 valence electrons. The Kier molecular flexibility index (Phi) is 2.22. The Morgan fingerprint density at radius 1 is 1.00 bits per heavy atom. The van der Waals surface area contributed by atoms with Crippen molar-refractivity contribution in [1.29, 1.82) is 0 Å². The predicted molar refractivity (Wildman–Crippen MR) is 35.4 cm³/mol. The fourth-order valence-corrected chi connectivity index (χ4v) is 2.12. The van der Waals surface area contributed by atoms with Crippen LogP contribution >= 0.6 is 0 Å². The van der Waals surface area contributed by atoms with Crippen molar-refractivity contribution in [2.75, 3.05) is 0 Å². The quantitative estimate of drug-likeness (QED) is 0.415. The summed E-state index contributed by atoms with van der Waals surface area (Å²) in [6.45, 7) is 0. The molecule has 1 aliphatic rings. The molecular formula is C6H13Al. The number of hydrogen-bond donors (Lipinski definition) is 0. The van der Waals surface area contributed by atoms with Crippen molar-refractivity contribution in [3.8, 4) is 0 Å². The van der Waals surface area contributed by atoms with E-state index in [1.807, 2.05) is 0 Å². The summed E-state index contributed by atoms with van der Waals surface area (Å²) < 4.78 is 1.17. The average Bonchev–Trinajstić information content (AvgIpc) is 1.69. The Labute approximate surface area is 53.7 Å². The van der Waals surface area contributed by atoms with E-state index < -0.39 is 0 Å². The zero-order chi connectivity index (χ0) is 5.11. The summed E-state index contributed by atoms with van der Waals surface area (Å²) in [6.07, 6.45) is 7.65. The van der Waals surface area contributed by atoms with Gasteiger partial charge in [0.15, 0.2) is 0 Å². The fraction of sp³-hybridized carbons (Fsp3) is 1.00. The van der Waals surface area contributed by atoms with Gasteiger partial charge >= 0.3 is 0 Å². The topological polar surface area (TPSA) is 0 Å². The second kappa shape index (κ2) is 2.75. The first-order valence-corrected chi connectivity index (χ1v) is 4.55. The molecule has 0 aromatic carbocycles. The van der Waals surface area contributed by atoms with E-state index in [9.17, 15) is 0 Å². The lowest BCUT2D eigenvalue weighted by Crippen LogP contribution is -1.98. The molecule has 0 heterocycles. The Morgan fingerprint density at radius 2 is 1.57 bits per heavy atom. The van der Waals surface area contributed by atoms with E-state index in [0.717, 1.165) is 0 Å². The Balaban J connectivity index is 2.12. The maximum Gasteiger partial charge on any atom is 0.216 e. The van der Waals surface area contributed by atoms with Gasteiger partial charge in [0.1, 0.15) is 0 Å². The van der Waals surface area contributed by atoms with Crippen LogP contribution < -0.4 is 0 Å². The van der Waals surface area contributed by atoms with Crippen LogP contribution in [-0.4, -0.2) is 16.3 Å². The number of rotatable bonds is 0. The van der Waals surface area contributed by atoms with E-state index >= 15 is 0 Å². The third kappa shape index (κ3) is 1.84. The highest BCUT2D eigenvalue weighted by Gasteiger charge is 2.06. The van der Waals surface area contributed by atoms with Gasteiger partial charge in [-0.2, -0.15) is 0 Å². The summed E-state index contributed by atoms with van der Waals surface area (Å²) in [6, 6.07) is 0. The minimum atomic E-state index is 1.17. The van der Waals surface area contributed by atoms with Gasteiger partial charge in [0.2, 0.25) is 16.3 Å². The first-order valence-electron chi connectivity index (χ1n) is 3.39. The van der Waals surface area contributed by atoms with Gasteiger partial charge in [0, 0.05) is 0 Å². The maximum absolute atomic E-state index is 1.55. The molecule has 1 rings (SSSR count). The maximum atomic E-state index is 1.55. The van der Waals surface area contributed by atoms with Gasteiger partial charge in [-0.3, -0.25) is 0 Å². The first-order chi connectivity index (χ1) is 3.39. The van der Waals surface area contributed by atoms with E-state index in [-0.39, 0.29) is 0 Å². The molecule has 0 nitrogen and oxygen atoms in total. The van der Waals surface area contributed by atoms with Gasteiger partial charge < -0.3 is 0 Å². The highest BCUT2D eigenvalue weighted by Crippen LogP contribution is 2.24. The van der Waals surface area contributed by atoms with Crippen molar-refractivity contribution < 1.29 is 0 Å². The summed E-state index contributed by atoms with van der Waals surface area (Å²) >= 11 is 1.45. The highest BCUT2D eigenvalue weighted by atomic mass is 27.0. The van der Waals surface area contributed by atoms with E-state index in [1.165, 1.54) is 40.3 Å². The van der Waals surface area contributed by atoms with E-state index in [4.69, 9.17) is 0 Å². The molecule has 0 saturated heterocycles. The van der Waals surface area contributed by atoms with E-state index in [1.54, 1.807) is 12.8 Å². The van der Waals surface area contributed by atoms with Gasteiger partial charge in [-0.15, -0.1) is 0 Å². The third-order valence-corrected chi connectivity index (χ3v) is 3.05. The smallest absolute Gasteiger partial charge is 0.0901 e. The summed E-state index contributed by atoms with van der Waals surface area (Å²) in [7, 11) is 0. The predicted octanol–water partition coefficient (Wildman–Crippen LogP) is 1.37. The van der Waals surface area contributed by atoms with Crippen LogP contribution in [-0.2, 0) is 0 Å². The summed E-state index contributed by atoms with van der Waals surface area (Å²) in [4.78, 5) is 0. The monoisotopic (exact) mass is 112 g/mol. The van der Waals surface area contributed by atoms with Crippen LogP contribution in [0.25, 0.3) is 0 Å². The van der Waals surface area contributed by atoms with Crippen LogP contribution in [0.2, 0.25) is 4.78 Å². The lowest BCUT2D eigenvalue weighted by molar-refractivity contribution is 0.504. The van der Waals surface area contributed by atoms with E-state index in [2.05, 4.69) is 0 Å². The zero-order valence-corrected chi connectivity index (χ0v) is 7.11. The molecule has 1 saturated carbocycles. The zero-order valence-electron chi connectivity index (χ0n) is 5.11. The molecule has 0 aromatic heterocycles. The lowest BCUT2D eigenvalue weighted by Gasteiger charge is -2.15. The van der Waals surface area contributed by atoms with Crippen LogP contribution in [0.15, 0.2) is 0 Å². The molecule has 0 bridgehead atoms. The molecule has 1 aliphatic carbocycles. The second-order valence-corrected chi connectivity index (χ2v) is 4.38. The summed E-state index contributed by atoms with van der Waals surface area (Å²) in [5, 5.41) is 0. The minimum Gasteiger partial charge on any atom is -0.0901 e. The average molecular weight is 112 g/mol. The second-order valence-electron chi connectivity index (χ2n) is 2.74. The molecular weight excluding hydrogens is 99.0 g/mol. The first kappa shape index (κ1) is 5.67. The summed E-state index contributed by atoms with van der Waals surface area (Å²) in [5.41, 5.74) is 0. The van der Waals surface area contributed by atoms with Crippen molar-refractivity contribution in [3.05, 3.63) is 0 Å². The molecule has 7 heavy (non-hydrogen) atoms. The van der Waals surface area contributed by atoms with Crippen molar-refractivity contribution >= 4 is 16.3 Å². The molecule has 1 heteroatoms. The van der Waals surface area contributed by atoms with Crippen molar-refractivity contribution in [2.45, 2.75) is 36.9 Å². The van der Waals surface area contributed by atoms with Gasteiger partial charge in [-0.05, 0) is 0 Å². The summed E-state index contributed by atoms with van der Waals surface area (Å²) in [5.74, 6) is 0. The molecule has 0 aromatic rings. The molecule has 0 radical (unpaired) electrons. The van der Waals surface area contributed by atoms with Crippen LogP contribution in [0.1, 0.15) is 32.1 Å². The van der Waals surface area contributed by atoms with Crippen LogP contribution in [0.5, 0.6) is 0 Å². The lowest BCUT2D eigenvalue weighted by atomic mass is 10.0. The highest BCUT2D eigenvalue weighted by molar-refractivity contribution is 6.11. The molecule has 1 fully saturated rings. The van der Waals surface area contributed by atoms with Gasteiger partial charge in [0.25, 0.3) is 0 Å². The van der Waals surface area contributed by atoms with Crippen molar-refractivity contribution in [2.24, 2.45) is 0 Å². The molecule has 0 unspecified atom stereocenters. The standard InChI is InChI=1S/C6H11.Al.2H/c1-2-4-6-5-3-1;;;/h1H,2-6H2;;;. The largest absolute Gasteiger partial charge is 0.216 e. The van der Waals surface area contributed by atoms with Gasteiger partial charge in [-0.25, -0.2) is 0 Å². The van der Waals surface area contributed by atoms with Gasteiger partial charge in [-0.1, -0.05) is 36.9 Å². The normalized spacial score (nSPS) is 25.1. The minimum absolute atomic E-state index is 1.17. The Hall–Kier alpha value is 0.532. The fourth-order valence-electron chi connectivity index (χ4n) is 1.31. The Bertz CT molecular complexity index is 46.1. The molecule has 0 N–H and O–H groups in total. The molecule has 0 amide bonds. The van der Waals surface area contributed by atoms with Crippen LogP contribution in [0.4, 0.5) is 0 Å². The molecule has 0 spiro atoms. The van der Waals surface area contributed by atoms with Crippen molar-refractivity contribution in [3.63, 3.8) is 0 Å². The third-order valence-electron chi connectivity index (χ3n) is 1.89. The van der Waals surface area contributed by atoms with Gasteiger partial charge in [0.05, 0.1) is 0 Å². The SMILES string of the molecule is [AlH2][CH]1CCCCC1. The van der Waals surface area contributed by atoms with Crippen LogP contribution in [0.3, 0.4) is 0 Å². The van der Waals surface area contributed by atoms with Crippen molar-refractivity contribution in [1.82, 2.24) is 0 Å². The van der Waals surface area contributed by atoms with E-state index in [0.29, 0.717) is 0 Å². The number of hydrogen-bond acceptors (Lipinski definition) is 0. The molecule has 0 aliphatic heterocycles.